The van der Waals surface area contributed by atoms with Crippen LogP contribution in [0.3, 0.4) is 0 Å². The fraction of sp³-hybridized carbons (Fsp3) is 0.318. The molecule has 0 aliphatic heterocycles. The van der Waals surface area contributed by atoms with Gasteiger partial charge in [-0.15, -0.1) is 0 Å². The summed E-state index contributed by atoms with van der Waals surface area (Å²) in [5.41, 5.74) is 1.63. The van der Waals surface area contributed by atoms with Crippen LogP contribution in [0.4, 0.5) is 0 Å². The third kappa shape index (κ3) is 5.25. The van der Waals surface area contributed by atoms with Crippen molar-refractivity contribution in [2.45, 2.75) is 44.2 Å². The largest absolute Gasteiger partial charge is 0.352 e. The Kier molecular flexibility index (Phi) is 6.71. The fourth-order valence-electron chi connectivity index (χ4n) is 3.09. The van der Waals surface area contributed by atoms with E-state index in [1.54, 1.807) is 12.1 Å². The van der Waals surface area contributed by atoms with Crippen molar-refractivity contribution < 1.29 is 13.2 Å². The van der Waals surface area contributed by atoms with Crippen molar-refractivity contribution in [3.05, 3.63) is 66.4 Å². The Balaban J connectivity index is 1.52. The molecular formula is C22H27N3O3S. The maximum absolute atomic E-state index is 12.3. The van der Waals surface area contributed by atoms with E-state index in [0.29, 0.717) is 18.5 Å². The number of benzene rings is 2. The summed E-state index contributed by atoms with van der Waals surface area (Å²) in [6.45, 7) is 5.09. The van der Waals surface area contributed by atoms with Gasteiger partial charge in [0.05, 0.1) is 4.90 Å². The Morgan fingerprint density at radius 1 is 1.07 bits per heavy atom. The zero-order valence-corrected chi connectivity index (χ0v) is 17.6. The molecule has 0 aliphatic rings. The number of aryl methyl sites for hydroxylation is 1. The summed E-state index contributed by atoms with van der Waals surface area (Å²) in [5, 5.41) is 4.09. The summed E-state index contributed by atoms with van der Waals surface area (Å²) in [5.74, 6) is -0.207. The Bertz CT molecular complexity index is 1070. The topological polar surface area (TPSA) is 80.2 Å². The monoisotopic (exact) mass is 413 g/mol. The lowest BCUT2D eigenvalue weighted by molar-refractivity contribution is 0.0952. The van der Waals surface area contributed by atoms with Gasteiger partial charge < -0.3 is 9.88 Å². The first kappa shape index (κ1) is 21.1. The third-order valence-corrected chi connectivity index (χ3v) is 6.54. The van der Waals surface area contributed by atoms with E-state index < -0.39 is 10.0 Å². The molecule has 6 nitrogen and oxygen atoms in total. The lowest BCUT2D eigenvalue weighted by Gasteiger charge is -2.12. The summed E-state index contributed by atoms with van der Waals surface area (Å²) in [7, 11) is -3.56. The molecule has 154 valence electrons. The number of sulfonamides is 1. The number of nitrogens with zero attached hydrogens (tertiary/aromatic N) is 1. The quantitative estimate of drug-likeness (QED) is 0.527. The van der Waals surface area contributed by atoms with Gasteiger partial charge in [0, 0.05) is 36.4 Å². The van der Waals surface area contributed by atoms with Gasteiger partial charge in [-0.2, -0.15) is 0 Å². The summed E-state index contributed by atoms with van der Waals surface area (Å²) >= 11 is 0. The van der Waals surface area contributed by atoms with Crippen molar-refractivity contribution in [3.8, 4) is 0 Å². The summed E-state index contributed by atoms with van der Waals surface area (Å²) < 4.78 is 29.4. The zero-order chi connectivity index (χ0) is 20.9. The smallest absolute Gasteiger partial charge is 0.251 e. The van der Waals surface area contributed by atoms with Crippen LogP contribution < -0.4 is 10.0 Å². The first-order valence-corrected chi connectivity index (χ1v) is 11.3. The highest BCUT2D eigenvalue weighted by Crippen LogP contribution is 2.15. The van der Waals surface area contributed by atoms with Crippen LogP contribution in [0.1, 0.15) is 37.0 Å². The second kappa shape index (κ2) is 9.24. The first-order valence-electron chi connectivity index (χ1n) is 9.85. The van der Waals surface area contributed by atoms with Crippen molar-refractivity contribution in [2.24, 2.45) is 0 Å². The number of nitrogens with one attached hydrogen (secondary N) is 2. The SMILES string of the molecule is CCC(C)NS(=O)(=O)c1ccc(C(=O)NCCCn2ccc3ccccc32)cc1. The van der Waals surface area contributed by atoms with Crippen molar-refractivity contribution >= 4 is 26.8 Å². The number of amides is 1. The molecule has 3 rings (SSSR count). The van der Waals surface area contributed by atoms with Gasteiger partial charge >= 0.3 is 0 Å². The Morgan fingerprint density at radius 2 is 1.79 bits per heavy atom. The van der Waals surface area contributed by atoms with Gasteiger partial charge in [0.1, 0.15) is 0 Å². The number of aromatic nitrogens is 1. The first-order chi connectivity index (χ1) is 13.9. The molecule has 0 fully saturated rings. The Hall–Kier alpha value is -2.64. The van der Waals surface area contributed by atoms with Crippen LogP contribution in [-0.4, -0.2) is 31.5 Å². The fourth-order valence-corrected chi connectivity index (χ4v) is 4.42. The van der Waals surface area contributed by atoms with Crippen LogP contribution in [0.5, 0.6) is 0 Å². The predicted octanol–water partition coefficient (Wildman–Crippen LogP) is 3.54. The van der Waals surface area contributed by atoms with Gasteiger partial charge in [0.15, 0.2) is 0 Å². The van der Waals surface area contributed by atoms with Crippen LogP contribution in [-0.2, 0) is 16.6 Å². The number of carbonyl (C=O) groups is 1. The van der Waals surface area contributed by atoms with E-state index in [9.17, 15) is 13.2 Å². The number of para-hydroxylation sites is 1. The number of carbonyl (C=O) groups excluding carboxylic acids is 1. The molecule has 0 bridgehead atoms. The van der Waals surface area contributed by atoms with Crippen molar-refractivity contribution in [1.82, 2.24) is 14.6 Å². The maximum atomic E-state index is 12.3. The highest BCUT2D eigenvalue weighted by molar-refractivity contribution is 7.89. The molecule has 1 unspecified atom stereocenters. The van der Waals surface area contributed by atoms with Gasteiger partial charge in [-0.3, -0.25) is 4.79 Å². The number of fused-ring (bicyclic) bond motifs is 1. The number of hydrogen-bond acceptors (Lipinski definition) is 3. The standard InChI is InChI=1S/C22H27N3O3S/c1-3-17(2)24-29(27,28)20-11-9-19(10-12-20)22(26)23-14-6-15-25-16-13-18-7-4-5-8-21(18)25/h4-5,7-13,16-17,24H,3,6,14-15H2,1-2H3,(H,23,26). The van der Waals surface area contributed by atoms with Crippen LogP contribution in [0, 0.1) is 0 Å². The van der Waals surface area contributed by atoms with Gasteiger partial charge in [0.25, 0.3) is 5.91 Å². The minimum atomic E-state index is -3.56. The zero-order valence-electron chi connectivity index (χ0n) is 16.8. The molecule has 7 heteroatoms. The maximum Gasteiger partial charge on any atom is 0.251 e. The molecule has 29 heavy (non-hydrogen) atoms. The number of rotatable bonds is 9. The van der Waals surface area contributed by atoms with E-state index in [4.69, 9.17) is 0 Å². The van der Waals surface area contributed by atoms with Crippen LogP contribution in [0.2, 0.25) is 0 Å². The van der Waals surface area contributed by atoms with Crippen LogP contribution in [0.25, 0.3) is 10.9 Å². The van der Waals surface area contributed by atoms with Gasteiger partial charge in [-0.25, -0.2) is 13.1 Å². The van der Waals surface area contributed by atoms with Crippen LogP contribution in [0.15, 0.2) is 65.7 Å². The normalized spacial score (nSPS) is 12.8. The van der Waals surface area contributed by atoms with Gasteiger partial charge in [0.2, 0.25) is 10.0 Å². The average Bonchev–Trinajstić information content (AvgIpc) is 3.14. The van der Waals surface area contributed by atoms with Crippen molar-refractivity contribution in [3.63, 3.8) is 0 Å². The molecule has 0 spiro atoms. The average molecular weight is 414 g/mol. The van der Waals surface area contributed by atoms with Gasteiger partial charge in [-0.1, -0.05) is 25.1 Å². The van der Waals surface area contributed by atoms with E-state index in [1.165, 1.54) is 23.0 Å². The molecule has 1 amide bonds. The molecule has 1 atom stereocenters. The minimum absolute atomic E-state index is 0.139. The van der Waals surface area contributed by atoms with E-state index in [0.717, 1.165) is 13.0 Å². The third-order valence-electron chi connectivity index (χ3n) is 4.94. The van der Waals surface area contributed by atoms with E-state index in [-0.39, 0.29) is 16.8 Å². The summed E-state index contributed by atoms with van der Waals surface area (Å²) in [6.07, 6.45) is 3.56. The lowest BCUT2D eigenvalue weighted by atomic mass is 10.2. The second-order valence-electron chi connectivity index (χ2n) is 7.13. The van der Waals surface area contributed by atoms with Crippen molar-refractivity contribution in [2.75, 3.05) is 6.54 Å². The van der Waals surface area contributed by atoms with Crippen molar-refractivity contribution in [1.29, 1.82) is 0 Å². The molecule has 0 saturated carbocycles. The molecule has 1 aromatic heterocycles. The minimum Gasteiger partial charge on any atom is -0.352 e. The number of hydrogen-bond donors (Lipinski definition) is 2. The molecule has 0 aliphatic carbocycles. The molecule has 2 N–H and O–H groups in total. The molecule has 1 heterocycles. The molecule has 0 saturated heterocycles. The molecule has 2 aromatic carbocycles. The van der Waals surface area contributed by atoms with E-state index in [2.05, 4.69) is 39.0 Å². The van der Waals surface area contributed by atoms with E-state index in [1.807, 2.05) is 26.0 Å². The molecule has 0 radical (unpaired) electrons. The Morgan fingerprint density at radius 3 is 2.52 bits per heavy atom. The highest BCUT2D eigenvalue weighted by atomic mass is 32.2. The van der Waals surface area contributed by atoms with Gasteiger partial charge in [-0.05, 0) is 61.5 Å². The predicted molar refractivity (Wildman–Crippen MR) is 115 cm³/mol. The van der Waals surface area contributed by atoms with E-state index >= 15 is 0 Å². The lowest BCUT2D eigenvalue weighted by Crippen LogP contribution is -2.32. The van der Waals surface area contributed by atoms with Crippen LogP contribution >= 0.6 is 0 Å². The Labute approximate surface area is 172 Å². The molecular weight excluding hydrogens is 386 g/mol. The second-order valence-corrected chi connectivity index (χ2v) is 8.85. The highest BCUT2D eigenvalue weighted by Gasteiger charge is 2.17. The summed E-state index contributed by atoms with van der Waals surface area (Å²) in [6, 6.07) is 16.2. The molecule has 3 aromatic rings. The summed E-state index contributed by atoms with van der Waals surface area (Å²) in [4.78, 5) is 12.5.